The van der Waals surface area contributed by atoms with Gasteiger partial charge in [0.05, 0.1) is 0 Å². The van der Waals surface area contributed by atoms with Gasteiger partial charge in [0.1, 0.15) is 34.4 Å². The normalized spacial score (nSPS) is 18.7. The average Bonchev–Trinajstić information content (AvgIpc) is 3.55. The molecule has 3 aromatic rings. The maximum atomic E-state index is 15.4. The number of aryl methyl sites for hydroxylation is 1. The lowest BCUT2D eigenvalue weighted by Gasteiger charge is -2.25. The number of likely N-dealkylation sites (tertiary alicyclic amines) is 1. The lowest BCUT2D eigenvalue weighted by atomic mass is 10.00. The molecule has 4 N–H and O–H groups in total. The summed E-state index contributed by atoms with van der Waals surface area (Å²) in [5.74, 6) is -1.79. The van der Waals surface area contributed by atoms with Crippen LogP contribution in [0.4, 0.5) is 16.0 Å². The fraction of sp³-hybridized carbons (Fsp3) is 0.385. The quantitative estimate of drug-likeness (QED) is 0.376. The summed E-state index contributed by atoms with van der Waals surface area (Å²) < 4.78 is 43.7. The van der Waals surface area contributed by atoms with Crippen LogP contribution in [0.5, 0.6) is 0 Å². The minimum Gasteiger partial charge on any atom is -0.480 e. The Morgan fingerprint density at radius 2 is 1.95 bits per heavy atom. The number of carboxylic acids is 1. The van der Waals surface area contributed by atoms with Gasteiger partial charge >= 0.3 is 5.97 Å². The molecule has 2 saturated heterocycles. The molecule has 5 rings (SSSR count). The SMILES string of the molecule is Cc1cc2c(F)c(C[C@H](C(=O)O)N3CC[C@H](NS(=O)(=O)c4ccc(N5CCCC5)nc4)C3=O)ccc2c(N)n1. The Kier molecular flexibility index (Phi) is 7.12. The number of nitrogens with zero attached hydrogens (tertiary/aromatic N) is 4. The zero-order valence-electron chi connectivity index (χ0n) is 21.3. The second-order valence-electron chi connectivity index (χ2n) is 9.88. The molecule has 2 aromatic heterocycles. The van der Waals surface area contributed by atoms with Crippen LogP contribution in [0.15, 0.2) is 41.4 Å². The van der Waals surface area contributed by atoms with Gasteiger partial charge in [0.2, 0.25) is 15.9 Å². The third-order valence-electron chi connectivity index (χ3n) is 7.26. The van der Waals surface area contributed by atoms with E-state index in [4.69, 9.17) is 5.73 Å². The summed E-state index contributed by atoms with van der Waals surface area (Å²) in [5, 5.41) is 10.5. The Morgan fingerprint density at radius 1 is 1.21 bits per heavy atom. The van der Waals surface area contributed by atoms with Crippen LogP contribution in [0.25, 0.3) is 10.8 Å². The van der Waals surface area contributed by atoms with Crippen LogP contribution >= 0.6 is 0 Å². The first-order valence-electron chi connectivity index (χ1n) is 12.7. The van der Waals surface area contributed by atoms with Gasteiger partial charge in [-0.05, 0) is 49.9 Å². The highest BCUT2D eigenvalue weighted by Crippen LogP contribution is 2.28. The third kappa shape index (κ3) is 5.23. The monoisotopic (exact) mass is 556 g/mol. The highest BCUT2D eigenvalue weighted by Gasteiger charge is 2.41. The van der Waals surface area contributed by atoms with Gasteiger partial charge in [-0.3, -0.25) is 4.79 Å². The Labute approximate surface area is 224 Å². The number of sulfonamides is 1. The van der Waals surface area contributed by atoms with E-state index in [0.717, 1.165) is 30.8 Å². The van der Waals surface area contributed by atoms with Crippen molar-refractivity contribution < 1.29 is 27.5 Å². The smallest absolute Gasteiger partial charge is 0.326 e. The molecule has 0 aliphatic carbocycles. The number of halogens is 1. The van der Waals surface area contributed by atoms with Gasteiger partial charge in [0, 0.05) is 48.7 Å². The predicted molar refractivity (Wildman–Crippen MR) is 142 cm³/mol. The summed E-state index contributed by atoms with van der Waals surface area (Å²) in [7, 11) is -4.09. The molecule has 1 aromatic carbocycles. The van der Waals surface area contributed by atoms with E-state index in [-0.39, 0.29) is 41.0 Å². The van der Waals surface area contributed by atoms with Gasteiger partial charge in [0.15, 0.2) is 0 Å². The van der Waals surface area contributed by atoms with E-state index in [2.05, 4.69) is 19.6 Å². The molecule has 0 spiro atoms. The lowest BCUT2D eigenvalue weighted by Crippen LogP contribution is -2.48. The van der Waals surface area contributed by atoms with E-state index in [0.29, 0.717) is 16.9 Å². The van der Waals surface area contributed by atoms with E-state index >= 15 is 4.39 Å². The topological polar surface area (TPSA) is 159 Å². The zero-order chi connectivity index (χ0) is 27.9. The number of benzene rings is 1. The molecule has 2 aliphatic heterocycles. The number of aromatic nitrogens is 2. The number of amides is 1. The molecule has 0 bridgehead atoms. The van der Waals surface area contributed by atoms with Crippen LogP contribution in [-0.4, -0.2) is 72.0 Å². The number of nitrogens with two attached hydrogens (primary N) is 1. The second-order valence-corrected chi connectivity index (χ2v) is 11.6. The molecule has 2 fully saturated rings. The highest BCUT2D eigenvalue weighted by molar-refractivity contribution is 7.89. The maximum absolute atomic E-state index is 15.4. The van der Waals surface area contributed by atoms with Crippen molar-refractivity contribution in [2.24, 2.45) is 0 Å². The van der Waals surface area contributed by atoms with Crippen LogP contribution in [-0.2, 0) is 26.0 Å². The molecule has 206 valence electrons. The van der Waals surface area contributed by atoms with Crippen molar-refractivity contribution in [2.45, 2.75) is 49.6 Å². The number of fused-ring (bicyclic) bond motifs is 1. The molecule has 2 atom stereocenters. The standard InChI is InChI=1S/C26H29FN6O5S/c1-15-12-19-18(24(28)30-15)6-4-16(23(19)27)13-21(26(35)36)33-11-8-20(25(33)34)31-39(37,38)17-5-7-22(29-14-17)32-9-2-3-10-32/h4-7,12,14,20-21,31H,2-3,8-11,13H2,1H3,(H2,28,30)(H,35,36)/t20-,21+/m0/s1. The number of carbonyl (C=O) groups is 2. The van der Waals surface area contributed by atoms with Crippen LogP contribution in [0.3, 0.4) is 0 Å². The molecule has 4 heterocycles. The molecule has 11 nitrogen and oxygen atoms in total. The van der Waals surface area contributed by atoms with E-state index in [1.165, 1.54) is 24.4 Å². The highest BCUT2D eigenvalue weighted by atomic mass is 32.2. The summed E-state index contributed by atoms with van der Waals surface area (Å²) >= 11 is 0. The zero-order valence-corrected chi connectivity index (χ0v) is 22.1. The van der Waals surface area contributed by atoms with Gasteiger partial charge < -0.3 is 20.6 Å². The van der Waals surface area contributed by atoms with Crippen molar-refractivity contribution >= 4 is 44.3 Å². The number of anilines is 2. The Morgan fingerprint density at radius 3 is 2.62 bits per heavy atom. The van der Waals surface area contributed by atoms with Crippen molar-refractivity contribution in [3.05, 3.63) is 53.6 Å². The van der Waals surface area contributed by atoms with Crippen molar-refractivity contribution in [2.75, 3.05) is 30.3 Å². The number of nitrogens with one attached hydrogen (secondary N) is 1. The molecule has 13 heteroatoms. The summed E-state index contributed by atoms with van der Waals surface area (Å²) in [6.45, 7) is 3.40. The Balaban J connectivity index is 1.32. The number of rotatable bonds is 8. The lowest BCUT2D eigenvalue weighted by molar-refractivity contribution is -0.148. The number of carboxylic acid groups (broad SMARTS) is 1. The van der Waals surface area contributed by atoms with Crippen molar-refractivity contribution in [1.29, 1.82) is 0 Å². The fourth-order valence-corrected chi connectivity index (χ4v) is 6.40. The van der Waals surface area contributed by atoms with Crippen LogP contribution < -0.4 is 15.4 Å². The largest absolute Gasteiger partial charge is 0.480 e. The molecule has 2 aliphatic rings. The summed E-state index contributed by atoms with van der Waals surface area (Å²) in [4.78, 5) is 36.8. The number of pyridine rings is 2. The van der Waals surface area contributed by atoms with Crippen LogP contribution in [0.2, 0.25) is 0 Å². The number of hydrogen-bond acceptors (Lipinski definition) is 8. The Bertz CT molecular complexity index is 1540. The van der Waals surface area contributed by atoms with Gasteiger partial charge in [-0.25, -0.2) is 27.6 Å². The van der Waals surface area contributed by atoms with Crippen LogP contribution in [0.1, 0.15) is 30.5 Å². The average molecular weight is 557 g/mol. The van der Waals surface area contributed by atoms with E-state index < -0.39 is 39.8 Å². The molecular weight excluding hydrogens is 527 g/mol. The molecule has 0 saturated carbocycles. The second kappa shape index (κ2) is 10.4. The third-order valence-corrected chi connectivity index (χ3v) is 8.72. The fourth-order valence-electron chi connectivity index (χ4n) is 5.23. The van der Waals surface area contributed by atoms with Crippen molar-refractivity contribution in [1.82, 2.24) is 19.6 Å². The molecule has 0 radical (unpaired) electrons. The number of aliphatic carboxylic acids is 1. The number of nitrogen functional groups attached to an aromatic ring is 1. The van der Waals surface area contributed by atoms with Crippen LogP contribution in [0, 0.1) is 12.7 Å². The minimum absolute atomic E-state index is 0.000309. The van der Waals surface area contributed by atoms with Gasteiger partial charge in [0.25, 0.3) is 0 Å². The first-order chi connectivity index (χ1) is 18.5. The summed E-state index contributed by atoms with van der Waals surface area (Å²) in [5.41, 5.74) is 6.51. The summed E-state index contributed by atoms with van der Waals surface area (Å²) in [6.07, 6.45) is 3.13. The first-order valence-corrected chi connectivity index (χ1v) is 14.1. The van der Waals surface area contributed by atoms with Gasteiger partial charge in [-0.15, -0.1) is 0 Å². The van der Waals surface area contributed by atoms with Crippen molar-refractivity contribution in [3.8, 4) is 0 Å². The van der Waals surface area contributed by atoms with Gasteiger partial charge in [-0.1, -0.05) is 12.1 Å². The molecule has 0 unspecified atom stereocenters. The maximum Gasteiger partial charge on any atom is 0.326 e. The first kappa shape index (κ1) is 26.8. The van der Waals surface area contributed by atoms with E-state index in [1.54, 1.807) is 19.1 Å². The predicted octanol–water partition coefficient (Wildman–Crippen LogP) is 1.83. The molecule has 39 heavy (non-hydrogen) atoms. The Hall–Kier alpha value is -3.84. The van der Waals surface area contributed by atoms with E-state index in [1.807, 2.05) is 0 Å². The molecule has 1 amide bonds. The molecular formula is C26H29FN6O5S. The van der Waals surface area contributed by atoms with Crippen molar-refractivity contribution in [3.63, 3.8) is 0 Å². The number of hydrogen-bond donors (Lipinski definition) is 3. The number of carbonyl (C=O) groups excluding carboxylic acids is 1. The summed E-state index contributed by atoms with van der Waals surface area (Å²) in [6, 6.07) is 5.06. The van der Waals surface area contributed by atoms with E-state index in [9.17, 15) is 23.1 Å². The minimum atomic E-state index is -4.09. The van der Waals surface area contributed by atoms with Gasteiger partial charge in [-0.2, -0.15) is 4.72 Å².